The summed E-state index contributed by atoms with van der Waals surface area (Å²) in [5.41, 5.74) is 1.10. The number of rotatable bonds is 3. The molecule has 0 aromatic heterocycles. The molecular formula is C14H18N2O4. The lowest BCUT2D eigenvalue weighted by molar-refractivity contribution is -0.114. The number of morpholine rings is 1. The highest BCUT2D eigenvalue weighted by atomic mass is 16.5. The summed E-state index contributed by atoms with van der Waals surface area (Å²) >= 11 is 0. The lowest BCUT2D eigenvalue weighted by Gasteiger charge is -2.32. The van der Waals surface area contributed by atoms with Gasteiger partial charge in [0.05, 0.1) is 19.3 Å². The molecule has 1 heterocycles. The van der Waals surface area contributed by atoms with Crippen molar-refractivity contribution < 1.29 is 19.4 Å². The van der Waals surface area contributed by atoms with Crippen LogP contribution in [0.25, 0.3) is 0 Å². The number of anilines is 1. The van der Waals surface area contributed by atoms with E-state index in [1.807, 2.05) is 0 Å². The minimum Gasteiger partial charge on any atom is -0.394 e. The second-order valence-corrected chi connectivity index (χ2v) is 4.69. The number of aliphatic hydroxyl groups excluding tert-OH is 1. The van der Waals surface area contributed by atoms with Crippen molar-refractivity contribution in [1.29, 1.82) is 0 Å². The Kier molecular flexibility index (Phi) is 4.70. The van der Waals surface area contributed by atoms with Crippen molar-refractivity contribution >= 4 is 17.5 Å². The highest BCUT2D eigenvalue weighted by Gasteiger charge is 2.24. The summed E-state index contributed by atoms with van der Waals surface area (Å²) in [5.74, 6) is -0.305. The van der Waals surface area contributed by atoms with Crippen molar-refractivity contribution in [1.82, 2.24) is 4.90 Å². The van der Waals surface area contributed by atoms with E-state index in [2.05, 4.69) is 5.32 Å². The van der Waals surface area contributed by atoms with Crippen LogP contribution in [0.3, 0.4) is 0 Å². The molecule has 108 valence electrons. The molecule has 6 nitrogen and oxygen atoms in total. The first-order valence-corrected chi connectivity index (χ1v) is 6.49. The highest BCUT2D eigenvalue weighted by molar-refractivity contribution is 5.96. The largest absolute Gasteiger partial charge is 0.394 e. The van der Waals surface area contributed by atoms with Gasteiger partial charge in [-0.05, 0) is 18.2 Å². The SMILES string of the molecule is CC(=O)Nc1cccc(C(=O)N2CCOC(CO)C2)c1. The van der Waals surface area contributed by atoms with Gasteiger partial charge in [0, 0.05) is 31.3 Å². The number of carbonyl (C=O) groups excluding carboxylic acids is 2. The molecule has 2 N–H and O–H groups in total. The molecule has 0 radical (unpaired) electrons. The number of aliphatic hydroxyl groups is 1. The molecule has 0 saturated carbocycles. The van der Waals surface area contributed by atoms with Gasteiger partial charge in [-0.25, -0.2) is 0 Å². The average Bonchev–Trinajstić information content (AvgIpc) is 2.46. The zero-order valence-electron chi connectivity index (χ0n) is 11.3. The van der Waals surface area contributed by atoms with Crippen LogP contribution in [-0.2, 0) is 9.53 Å². The molecule has 2 amide bonds. The van der Waals surface area contributed by atoms with Gasteiger partial charge in [-0.1, -0.05) is 6.07 Å². The number of benzene rings is 1. The third kappa shape index (κ3) is 3.55. The van der Waals surface area contributed by atoms with Gasteiger partial charge in [-0.3, -0.25) is 9.59 Å². The van der Waals surface area contributed by atoms with Crippen LogP contribution in [0.4, 0.5) is 5.69 Å². The smallest absolute Gasteiger partial charge is 0.254 e. The van der Waals surface area contributed by atoms with Crippen molar-refractivity contribution in [2.75, 3.05) is 31.6 Å². The summed E-state index contributed by atoms with van der Waals surface area (Å²) in [4.78, 5) is 25.1. The van der Waals surface area contributed by atoms with Gasteiger partial charge in [0.2, 0.25) is 5.91 Å². The maximum absolute atomic E-state index is 12.4. The van der Waals surface area contributed by atoms with Crippen LogP contribution in [0.2, 0.25) is 0 Å². The molecule has 1 aliphatic heterocycles. The van der Waals surface area contributed by atoms with Crippen LogP contribution in [-0.4, -0.2) is 54.2 Å². The van der Waals surface area contributed by atoms with Gasteiger partial charge in [0.1, 0.15) is 0 Å². The zero-order valence-corrected chi connectivity index (χ0v) is 11.3. The number of ether oxygens (including phenoxy) is 1. The van der Waals surface area contributed by atoms with Crippen molar-refractivity contribution in [3.8, 4) is 0 Å². The number of nitrogens with zero attached hydrogens (tertiary/aromatic N) is 1. The maximum Gasteiger partial charge on any atom is 0.254 e. The first-order valence-electron chi connectivity index (χ1n) is 6.49. The van der Waals surface area contributed by atoms with E-state index >= 15 is 0 Å². The Morgan fingerprint density at radius 2 is 2.30 bits per heavy atom. The van der Waals surface area contributed by atoms with Crippen LogP contribution in [0, 0.1) is 0 Å². The topological polar surface area (TPSA) is 78.9 Å². The van der Waals surface area contributed by atoms with E-state index in [1.165, 1.54) is 6.92 Å². The Morgan fingerprint density at radius 3 is 3.00 bits per heavy atom. The minimum absolute atomic E-state index is 0.101. The summed E-state index contributed by atoms with van der Waals surface area (Å²) < 4.78 is 5.32. The molecule has 1 aliphatic rings. The lowest BCUT2D eigenvalue weighted by Crippen LogP contribution is -2.46. The third-order valence-electron chi connectivity index (χ3n) is 3.06. The number of hydrogen-bond acceptors (Lipinski definition) is 4. The Balaban J connectivity index is 2.10. The van der Waals surface area contributed by atoms with E-state index in [4.69, 9.17) is 9.84 Å². The zero-order chi connectivity index (χ0) is 14.5. The molecule has 2 rings (SSSR count). The van der Waals surface area contributed by atoms with E-state index in [-0.39, 0.29) is 24.5 Å². The molecule has 1 aromatic carbocycles. The molecule has 20 heavy (non-hydrogen) atoms. The van der Waals surface area contributed by atoms with Gasteiger partial charge in [0.15, 0.2) is 0 Å². The standard InChI is InChI=1S/C14H18N2O4/c1-10(18)15-12-4-2-3-11(7-12)14(19)16-5-6-20-13(8-16)9-17/h2-4,7,13,17H,5-6,8-9H2,1H3,(H,15,18). The lowest BCUT2D eigenvalue weighted by atomic mass is 10.1. The minimum atomic E-state index is -0.328. The highest BCUT2D eigenvalue weighted by Crippen LogP contribution is 2.15. The number of hydrogen-bond donors (Lipinski definition) is 2. The van der Waals surface area contributed by atoms with Gasteiger partial charge in [-0.15, -0.1) is 0 Å². The molecule has 1 unspecified atom stereocenters. The quantitative estimate of drug-likeness (QED) is 0.843. The van der Waals surface area contributed by atoms with Crippen LogP contribution in [0.15, 0.2) is 24.3 Å². The second kappa shape index (κ2) is 6.49. The number of carbonyl (C=O) groups is 2. The Hall–Kier alpha value is -1.92. The fraction of sp³-hybridized carbons (Fsp3) is 0.429. The number of nitrogens with one attached hydrogen (secondary N) is 1. The van der Waals surface area contributed by atoms with Crippen molar-refractivity contribution in [3.05, 3.63) is 29.8 Å². The summed E-state index contributed by atoms with van der Waals surface area (Å²) in [7, 11) is 0. The molecule has 1 aromatic rings. The van der Waals surface area contributed by atoms with E-state index < -0.39 is 0 Å². The van der Waals surface area contributed by atoms with Crippen molar-refractivity contribution in [2.24, 2.45) is 0 Å². The molecular weight excluding hydrogens is 260 g/mol. The molecule has 0 bridgehead atoms. The van der Waals surface area contributed by atoms with Crippen molar-refractivity contribution in [2.45, 2.75) is 13.0 Å². The van der Waals surface area contributed by atoms with E-state index in [0.29, 0.717) is 30.9 Å². The molecule has 6 heteroatoms. The predicted molar refractivity (Wildman–Crippen MR) is 73.5 cm³/mol. The summed E-state index contributed by atoms with van der Waals surface area (Å²) in [6, 6.07) is 6.81. The first kappa shape index (κ1) is 14.5. The number of amides is 2. The molecule has 1 atom stereocenters. The van der Waals surface area contributed by atoms with Crippen LogP contribution in [0.5, 0.6) is 0 Å². The fourth-order valence-corrected chi connectivity index (χ4v) is 2.13. The average molecular weight is 278 g/mol. The van der Waals surface area contributed by atoms with E-state index in [0.717, 1.165) is 0 Å². The molecule has 1 fully saturated rings. The van der Waals surface area contributed by atoms with E-state index in [1.54, 1.807) is 29.2 Å². The van der Waals surface area contributed by atoms with Gasteiger partial charge < -0.3 is 20.1 Å². The molecule has 0 aliphatic carbocycles. The van der Waals surface area contributed by atoms with E-state index in [9.17, 15) is 9.59 Å². The fourth-order valence-electron chi connectivity index (χ4n) is 2.13. The van der Waals surface area contributed by atoms with Crippen molar-refractivity contribution in [3.63, 3.8) is 0 Å². The van der Waals surface area contributed by atoms with Gasteiger partial charge >= 0.3 is 0 Å². The third-order valence-corrected chi connectivity index (χ3v) is 3.06. The second-order valence-electron chi connectivity index (χ2n) is 4.69. The van der Waals surface area contributed by atoms with Gasteiger partial charge in [-0.2, -0.15) is 0 Å². The monoisotopic (exact) mass is 278 g/mol. The Labute approximate surface area is 117 Å². The summed E-state index contributed by atoms with van der Waals surface area (Å²) in [6.45, 7) is 2.61. The van der Waals surface area contributed by atoms with Gasteiger partial charge in [0.25, 0.3) is 5.91 Å². The van der Waals surface area contributed by atoms with Crippen LogP contribution >= 0.6 is 0 Å². The normalized spacial score (nSPS) is 18.7. The summed E-state index contributed by atoms with van der Waals surface area (Å²) in [6.07, 6.45) is -0.328. The maximum atomic E-state index is 12.4. The molecule has 0 spiro atoms. The Morgan fingerprint density at radius 1 is 1.50 bits per heavy atom. The molecule has 1 saturated heterocycles. The predicted octanol–water partition coefficient (Wildman–Crippen LogP) is 0.478. The van der Waals surface area contributed by atoms with Crippen LogP contribution < -0.4 is 5.32 Å². The summed E-state index contributed by atoms with van der Waals surface area (Å²) in [5, 5.41) is 11.7. The van der Waals surface area contributed by atoms with Crippen LogP contribution in [0.1, 0.15) is 17.3 Å². The first-order chi connectivity index (χ1) is 9.60. The Bertz CT molecular complexity index is 504.